The number of fused-ring (bicyclic) bond motifs is 2. The zero-order chi connectivity index (χ0) is 15.2. The van der Waals surface area contributed by atoms with Crippen molar-refractivity contribution >= 4 is 5.65 Å². The van der Waals surface area contributed by atoms with Crippen LogP contribution >= 0.6 is 0 Å². The molecule has 5 rings (SSSR count). The van der Waals surface area contributed by atoms with Crippen LogP contribution in [-0.4, -0.2) is 36.4 Å². The molecule has 0 bridgehead atoms. The quantitative estimate of drug-likeness (QED) is 0.613. The summed E-state index contributed by atoms with van der Waals surface area (Å²) in [5.74, 6) is 2.28. The second kappa shape index (κ2) is 4.64. The lowest BCUT2D eigenvalue weighted by molar-refractivity contribution is 0.357. The Bertz CT molecular complexity index is 1020. The third kappa shape index (κ3) is 1.90. The van der Waals surface area contributed by atoms with Crippen LogP contribution in [-0.2, 0) is 6.42 Å². The molecule has 7 heteroatoms. The van der Waals surface area contributed by atoms with Gasteiger partial charge in [-0.2, -0.15) is 5.10 Å². The summed E-state index contributed by atoms with van der Waals surface area (Å²) in [7, 11) is 0. The molecule has 4 heterocycles. The van der Waals surface area contributed by atoms with Crippen molar-refractivity contribution < 1.29 is 4.74 Å². The van der Waals surface area contributed by atoms with Crippen LogP contribution in [0.3, 0.4) is 0 Å². The summed E-state index contributed by atoms with van der Waals surface area (Å²) in [6.45, 7) is 0.745. The Hall–Kier alpha value is -3.22. The van der Waals surface area contributed by atoms with Gasteiger partial charge in [0.1, 0.15) is 5.75 Å². The molecule has 0 unspecified atom stereocenters. The molecule has 112 valence electrons. The van der Waals surface area contributed by atoms with Crippen molar-refractivity contribution in [2.45, 2.75) is 6.42 Å². The highest BCUT2D eigenvalue weighted by Gasteiger charge is 2.16. The number of aromatic amines is 1. The molecule has 1 aliphatic rings. The highest BCUT2D eigenvalue weighted by Crippen LogP contribution is 2.30. The van der Waals surface area contributed by atoms with E-state index in [4.69, 9.17) is 4.74 Å². The summed E-state index contributed by atoms with van der Waals surface area (Å²) < 4.78 is 7.32. The summed E-state index contributed by atoms with van der Waals surface area (Å²) >= 11 is 0. The van der Waals surface area contributed by atoms with E-state index in [0.29, 0.717) is 11.6 Å². The van der Waals surface area contributed by atoms with E-state index < -0.39 is 0 Å². The van der Waals surface area contributed by atoms with E-state index in [0.717, 1.165) is 35.6 Å². The molecule has 0 saturated heterocycles. The summed E-state index contributed by atoms with van der Waals surface area (Å²) in [5, 5.41) is 12.8. The lowest BCUT2D eigenvalue weighted by Gasteiger charge is -2.01. The fourth-order valence-electron chi connectivity index (χ4n) is 2.82. The third-order valence-electron chi connectivity index (χ3n) is 3.99. The number of aromatic nitrogens is 6. The van der Waals surface area contributed by atoms with Crippen LogP contribution in [0, 0.1) is 0 Å². The number of ether oxygens (including phenoxy) is 1. The predicted molar refractivity (Wildman–Crippen MR) is 83.0 cm³/mol. The molecule has 0 spiro atoms. The molecule has 0 aliphatic carbocycles. The van der Waals surface area contributed by atoms with Gasteiger partial charge in [-0.05, 0) is 17.7 Å². The highest BCUT2D eigenvalue weighted by atomic mass is 16.5. The van der Waals surface area contributed by atoms with Gasteiger partial charge in [-0.25, -0.2) is 9.50 Å². The number of rotatable bonds is 2. The SMILES string of the molecule is c1cnc2c(-c3nnc(-c4ccc5c(c4)OCC5)[nH]3)cnn2c1. The molecular weight excluding hydrogens is 292 g/mol. The fraction of sp³-hybridized carbons (Fsp3) is 0.125. The maximum atomic E-state index is 5.61. The molecule has 0 amide bonds. The maximum Gasteiger partial charge on any atom is 0.167 e. The number of nitrogens with one attached hydrogen (secondary N) is 1. The third-order valence-corrected chi connectivity index (χ3v) is 3.99. The highest BCUT2D eigenvalue weighted by molar-refractivity contribution is 5.73. The van der Waals surface area contributed by atoms with E-state index in [2.05, 4.69) is 31.3 Å². The fourth-order valence-corrected chi connectivity index (χ4v) is 2.82. The molecule has 1 N–H and O–H groups in total. The molecule has 3 aromatic heterocycles. The van der Waals surface area contributed by atoms with Crippen molar-refractivity contribution in [3.05, 3.63) is 48.4 Å². The van der Waals surface area contributed by atoms with Gasteiger partial charge in [-0.3, -0.25) is 0 Å². The molecular formula is C16H12N6O. The van der Waals surface area contributed by atoms with Crippen molar-refractivity contribution in [1.29, 1.82) is 0 Å². The standard InChI is InChI=1S/C16H12N6O/c1-5-17-16-12(9-18-22(16)6-1)15-19-14(20-21-15)11-3-2-10-4-7-23-13(10)8-11/h1-3,5-6,8-9H,4,7H2,(H,19,20,21). The van der Waals surface area contributed by atoms with E-state index in [1.807, 2.05) is 24.4 Å². The van der Waals surface area contributed by atoms with Crippen molar-refractivity contribution in [3.63, 3.8) is 0 Å². The van der Waals surface area contributed by atoms with E-state index >= 15 is 0 Å². The van der Waals surface area contributed by atoms with Gasteiger partial charge in [0, 0.05) is 24.4 Å². The molecule has 0 radical (unpaired) electrons. The number of hydrogen-bond donors (Lipinski definition) is 1. The van der Waals surface area contributed by atoms with Crippen molar-refractivity contribution in [2.24, 2.45) is 0 Å². The molecule has 4 aromatic rings. The van der Waals surface area contributed by atoms with E-state index in [1.165, 1.54) is 5.56 Å². The smallest absolute Gasteiger partial charge is 0.167 e. The zero-order valence-electron chi connectivity index (χ0n) is 12.1. The topological polar surface area (TPSA) is 81.0 Å². The Morgan fingerprint density at radius 1 is 1.17 bits per heavy atom. The average Bonchev–Trinajstić information content (AvgIpc) is 3.32. The molecule has 23 heavy (non-hydrogen) atoms. The first-order chi connectivity index (χ1) is 11.4. The molecule has 0 saturated carbocycles. The molecule has 0 fully saturated rings. The molecule has 0 atom stereocenters. The Morgan fingerprint density at radius 3 is 3.13 bits per heavy atom. The largest absolute Gasteiger partial charge is 0.493 e. The first-order valence-electron chi connectivity index (χ1n) is 7.36. The van der Waals surface area contributed by atoms with Gasteiger partial charge >= 0.3 is 0 Å². The minimum atomic E-state index is 0.648. The van der Waals surface area contributed by atoms with Gasteiger partial charge in [-0.15, -0.1) is 10.2 Å². The molecule has 7 nitrogen and oxygen atoms in total. The Kier molecular flexibility index (Phi) is 2.49. The normalized spacial score (nSPS) is 13.2. The van der Waals surface area contributed by atoms with Crippen LogP contribution in [0.4, 0.5) is 0 Å². The van der Waals surface area contributed by atoms with Crippen molar-refractivity contribution in [2.75, 3.05) is 6.61 Å². The van der Waals surface area contributed by atoms with Crippen LogP contribution in [0.2, 0.25) is 0 Å². The lowest BCUT2D eigenvalue weighted by Crippen LogP contribution is -1.88. The van der Waals surface area contributed by atoms with E-state index in [9.17, 15) is 0 Å². The van der Waals surface area contributed by atoms with Gasteiger partial charge in [0.15, 0.2) is 17.3 Å². The van der Waals surface area contributed by atoms with Crippen molar-refractivity contribution in [1.82, 2.24) is 29.8 Å². The minimum absolute atomic E-state index is 0.648. The number of nitrogens with zero attached hydrogens (tertiary/aromatic N) is 5. The second-order valence-electron chi connectivity index (χ2n) is 5.39. The number of H-pyrrole nitrogens is 1. The zero-order valence-corrected chi connectivity index (χ0v) is 12.1. The van der Waals surface area contributed by atoms with Crippen molar-refractivity contribution in [3.8, 4) is 28.5 Å². The maximum absolute atomic E-state index is 5.61. The van der Waals surface area contributed by atoms with Gasteiger partial charge < -0.3 is 9.72 Å². The second-order valence-corrected chi connectivity index (χ2v) is 5.39. The van der Waals surface area contributed by atoms with Crippen LogP contribution < -0.4 is 4.74 Å². The van der Waals surface area contributed by atoms with E-state index in [1.54, 1.807) is 16.9 Å². The molecule has 1 aromatic carbocycles. The van der Waals surface area contributed by atoms with Crippen LogP contribution in [0.5, 0.6) is 5.75 Å². The van der Waals surface area contributed by atoms with Crippen LogP contribution in [0.25, 0.3) is 28.4 Å². The number of hydrogen-bond acceptors (Lipinski definition) is 5. The average molecular weight is 304 g/mol. The van der Waals surface area contributed by atoms with E-state index in [-0.39, 0.29) is 0 Å². The minimum Gasteiger partial charge on any atom is -0.493 e. The summed E-state index contributed by atoms with van der Waals surface area (Å²) in [6.07, 6.45) is 6.28. The van der Waals surface area contributed by atoms with Crippen LogP contribution in [0.1, 0.15) is 5.56 Å². The Morgan fingerprint density at radius 2 is 2.13 bits per heavy atom. The summed E-state index contributed by atoms with van der Waals surface area (Å²) in [6, 6.07) is 7.95. The Labute approximate surface area is 131 Å². The monoisotopic (exact) mass is 304 g/mol. The van der Waals surface area contributed by atoms with Crippen LogP contribution in [0.15, 0.2) is 42.9 Å². The lowest BCUT2D eigenvalue weighted by atomic mass is 10.1. The predicted octanol–water partition coefficient (Wildman–Crippen LogP) is 2.12. The van der Waals surface area contributed by atoms with Gasteiger partial charge in [-0.1, -0.05) is 12.1 Å². The van der Waals surface area contributed by atoms with Gasteiger partial charge in [0.05, 0.1) is 18.4 Å². The first-order valence-corrected chi connectivity index (χ1v) is 7.36. The number of benzene rings is 1. The summed E-state index contributed by atoms with van der Waals surface area (Å²) in [5.41, 5.74) is 3.75. The molecule has 1 aliphatic heterocycles. The summed E-state index contributed by atoms with van der Waals surface area (Å²) in [4.78, 5) is 7.58. The first kappa shape index (κ1) is 12.3. The van der Waals surface area contributed by atoms with Gasteiger partial charge in [0.25, 0.3) is 0 Å². The van der Waals surface area contributed by atoms with Gasteiger partial charge in [0.2, 0.25) is 0 Å². The Balaban J connectivity index is 1.58.